The highest BCUT2D eigenvalue weighted by molar-refractivity contribution is 6.03. The van der Waals surface area contributed by atoms with Crippen LogP contribution in [0.4, 0.5) is 5.82 Å². The Labute approximate surface area is 103 Å². The summed E-state index contributed by atoms with van der Waals surface area (Å²) in [7, 11) is 0. The van der Waals surface area contributed by atoms with Crippen molar-refractivity contribution in [3.63, 3.8) is 0 Å². The van der Waals surface area contributed by atoms with Crippen molar-refractivity contribution in [1.29, 1.82) is 0 Å². The molecular weight excluding hydrogens is 232 g/mol. The molecule has 2 N–H and O–H groups in total. The molecule has 5 nitrogen and oxygen atoms in total. The van der Waals surface area contributed by atoms with E-state index in [0.717, 1.165) is 5.56 Å². The van der Waals surface area contributed by atoms with Gasteiger partial charge < -0.3 is 14.9 Å². The maximum Gasteiger partial charge on any atom is 0.256 e. The lowest BCUT2D eigenvalue weighted by Crippen LogP contribution is -2.11. The molecule has 0 saturated carbocycles. The first-order chi connectivity index (χ1) is 8.79. The van der Waals surface area contributed by atoms with Gasteiger partial charge in [-0.25, -0.2) is 0 Å². The lowest BCUT2D eigenvalue weighted by Gasteiger charge is -2.01. The van der Waals surface area contributed by atoms with Gasteiger partial charge in [-0.2, -0.15) is 0 Å². The molecule has 0 saturated heterocycles. The molecule has 0 fully saturated rings. The minimum absolute atomic E-state index is 0.186. The summed E-state index contributed by atoms with van der Waals surface area (Å²) < 4.78 is 4.61. The second-order valence-corrected chi connectivity index (χ2v) is 3.38. The number of anilines is 1. The molecule has 0 aliphatic carbocycles. The van der Waals surface area contributed by atoms with Crippen molar-refractivity contribution in [3.05, 3.63) is 47.7 Å². The van der Waals surface area contributed by atoms with E-state index in [4.69, 9.17) is 5.11 Å². The van der Waals surface area contributed by atoms with E-state index >= 15 is 0 Å². The molecule has 0 radical (unpaired) electrons. The first-order valence-electron chi connectivity index (χ1n) is 5.21. The molecule has 0 spiro atoms. The van der Waals surface area contributed by atoms with Crippen LogP contribution in [-0.4, -0.2) is 22.8 Å². The molecular formula is C13H10N2O3. The van der Waals surface area contributed by atoms with E-state index in [0.29, 0.717) is 11.4 Å². The quantitative estimate of drug-likeness (QED) is 0.778. The number of nitrogens with one attached hydrogen (secondary N) is 1. The number of aliphatic hydroxyl groups is 1. The number of carbonyl (C=O) groups excluding carboxylic acids is 1. The van der Waals surface area contributed by atoms with Crippen LogP contribution in [0, 0.1) is 11.8 Å². The normalized spacial score (nSPS) is 9.39. The fourth-order valence-corrected chi connectivity index (χ4v) is 1.31. The Morgan fingerprint density at radius 2 is 2.11 bits per heavy atom. The molecule has 0 aliphatic rings. The zero-order valence-corrected chi connectivity index (χ0v) is 9.38. The van der Waals surface area contributed by atoms with Crippen molar-refractivity contribution >= 4 is 11.7 Å². The van der Waals surface area contributed by atoms with E-state index in [-0.39, 0.29) is 12.5 Å². The van der Waals surface area contributed by atoms with Crippen molar-refractivity contribution in [3.8, 4) is 11.8 Å². The summed E-state index contributed by atoms with van der Waals surface area (Å²) in [5.41, 5.74) is 1.23. The zero-order chi connectivity index (χ0) is 12.8. The van der Waals surface area contributed by atoms with E-state index in [1.165, 1.54) is 6.26 Å². The van der Waals surface area contributed by atoms with Crippen LogP contribution < -0.4 is 5.32 Å². The maximum absolute atomic E-state index is 11.8. The average Bonchev–Trinajstić information content (AvgIpc) is 2.89. The number of benzene rings is 1. The lowest BCUT2D eigenvalue weighted by atomic mass is 10.1. The number of carbonyl (C=O) groups is 1. The van der Waals surface area contributed by atoms with E-state index < -0.39 is 0 Å². The Kier molecular flexibility index (Phi) is 3.74. The molecule has 1 aromatic carbocycles. The van der Waals surface area contributed by atoms with Crippen molar-refractivity contribution in [2.24, 2.45) is 0 Å². The summed E-state index contributed by atoms with van der Waals surface area (Å²) in [4.78, 5) is 11.8. The van der Waals surface area contributed by atoms with Crippen molar-refractivity contribution < 1.29 is 14.4 Å². The molecule has 18 heavy (non-hydrogen) atoms. The summed E-state index contributed by atoms with van der Waals surface area (Å²) in [5, 5.41) is 14.7. The molecule has 1 amide bonds. The van der Waals surface area contributed by atoms with Gasteiger partial charge in [-0.05, 0) is 24.3 Å². The summed E-state index contributed by atoms with van der Waals surface area (Å²) in [6.07, 6.45) is 1.38. The van der Waals surface area contributed by atoms with Crippen LogP contribution in [-0.2, 0) is 0 Å². The predicted molar refractivity (Wildman–Crippen MR) is 64.9 cm³/mol. The maximum atomic E-state index is 11.8. The number of hydrogen-bond acceptors (Lipinski definition) is 4. The third kappa shape index (κ3) is 2.97. The first kappa shape index (κ1) is 11.9. The van der Waals surface area contributed by atoms with Gasteiger partial charge in [0, 0.05) is 17.2 Å². The fraction of sp³-hybridized carbons (Fsp3) is 0.0769. The number of nitrogens with zero attached hydrogens (tertiary/aromatic N) is 1. The highest BCUT2D eigenvalue weighted by Gasteiger charge is 2.06. The van der Waals surface area contributed by atoms with E-state index in [2.05, 4.69) is 26.8 Å². The zero-order valence-electron chi connectivity index (χ0n) is 9.38. The third-order valence-electron chi connectivity index (χ3n) is 2.14. The highest BCUT2D eigenvalue weighted by atomic mass is 16.5. The highest BCUT2D eigenvalue weighted by Crippen LogP contribution is 2.07. The van der Waals surface area contributed by atoms with Crippen LogP contribution >= 0.6 is 0 Å². The average molecular weight is 242 g/mol. The topological polar surface area (TPSA) is 75.4 Å². The van der Waals surface area contributed by atoms with Crippen molar-refractivity contribution in [2.45, 2.75) is 0 Å². The SMILES string of the molecule is O=C(Nc1ccon1)c1ccc(C#CCO)cc1. The second-order valence-electron chi connectivity index (χ2n) is 3.38. The van der Waals surface area contributed by atoms with Crippen LogP contribution in [0.5, 0.6) is 0 Å². The standard InChI is InChI=1S/C13H10N2O3/c16-8-1-2-10-3-5-11(6-4-10)13(17)14-12-7-9-18-15-12/h3-7,9,16H,8H2,(H,14,15,17). The molecule has 0 bridgehead atoms. The van der Waals surface area contributed by atoms with Gasteiger partial charge >= 0.3 is 0 Å². The van der Waals surface area contributed by atoms with Gasteiger partial charge in [-0.3, -0.25) is 4.79 Å². The van der Waals surface area contributed by atoms with Gasteiger partial charge in [-0.15, -0.1) is 0 Å². The van der Waals surface area contributed by atoms with Gasteiger partial charge in [0.05, 0.1) is 0 Å². The first-order valence-corrected chi connectivity index (χ1v) is 5.21. The Balaban J connectivity index is 2.07. The molecule has 2 rings (SSSR count). The largest absolute Gasteiger partial charge is 0.384 e. The van der Waals surface area contributed by atoms with Gasteiger partial charge in [0.2, 0.25) is 0 Å². The molecule has 5 heteroatoms. The molecule has 0 unspecified atom stereocenters. The minimum Gasteiger partial charge on any atom is -0.384 e. The molecule has 0 atom stereocenters. The van der Waals surface area contributed by atoms with Gasteiger partial charge in [0.15, 0.2) is 5.82 Å². The number of aliphatic hydroxyl groups excluding tert-OH is 1. The van der Waals surface area contributed by atoms with Gasteiger partial charge in [0.1, 0.15) is 12.9 Å². The second kappa shape index (κ2) is 5.66. The van der Waals surface area contributed by atoms with Gasteiger partial charge in [0.25, 0.3) is 5.91 Å². The monoisotopic (exact) mass is 242 g/mol. The van der Waals surface area contributed by atoms with Crippen LogP contribution in [0.3, 0.4) is 0 Å². The fourth-order valence-electron chi connectivity index (χ4n) is 1.31. The number of aromatic nitrogens is 1. The van der Waals surface area contributed by atoms with Crippen LogP contribution in [0.15, 0.2) is 41.1 Å². The minimum atomic E-state index is -0.273. The Bertz CT molecular complexity index is 577. The molecule has 1 heterocycles. The Hall–Kier alpha value is -2.58. The molecule has 90 valence electrons. The Morgan fingerprint density at radius 1 is 1.33 bits per heavy atom. The van der Waals surface area contributed by atoms with E-state index in [1.807, 2.05) is 0 Å². The summed E-state index contributed by atoms with van der Waals surface area (Å²) >= 11 is 0. The van der Waals surface area contributed by atoms with Crippen LogP contribution in [0.2, 0.25) is 0 Å². The number of rotatable bonds is 2. The Morgan fingerprint density at radius 3 is 2.72 bits per heavy atom. The number of amides is 1. The van der Waals surface area contributed by atoms with Crippen LogP contribution in [0.25, 0.3) is 0 Å². The van der Waals surface area contributed by atoms with Crippen LogP contribution in [0.1, 0.15) is 15.9 Å². The molecule has 1 aromatic heterocycles. The van der Waals surface area contributed by atoms with E-state index in [1.54, 1.807) is 30.3 Å². The summed E-state index contributed by atoms with van der Waals surface area (Å²) in [6.45, 7) is -0.186. The smallest absolute Gasteiger partial charge is 0.256 e. The van der Waals surface area contributed by atoms with Crippen molar-refractivity contribution in [1.82, 2.24) is 5.16 Å². The molecule has 2 aromatic rings. The van der Waals surface area contributed by atoms with E-state index in [9.17, 15) is 4.79 Å². The number of hydrogen-bond donors (Lipinski definition) is 2. The van der Waals surface area contributed by atoms with Gasteiger partial charge in [-0.1, -0.05) is 17.0 Å². The third-order valence-corrected chi connectivity index (χ3v) is 2.14. The molecule has 0 aliphatic heterocycles. The predicted octanol–water partition coefficient (Wildman–Crippen LogP) is 1.27. The van der Waals surface area contributed by atoms with Crippen molar-refractivity contribution in [2.75, 3.05) is 11.9 Å². The summed E-state index contributed by atoms with van der Waals surface area (Å²) in [6, 6.07) is 8.27. The summed E-state index contributed by atoms with van der Waals surface area (Å²) in [5.74, 6) is 5.37. The lowest BCUT2D eigenvalue weighted by molar-refractivity contribution is 0.102.